The molecule has 1 aromatic rings. The molecule has 0 radical (unpaired) electrons. The number of anilines is 1. The number of aryl methyl sites for hydroxylation is 1. The third kappa shape index (κ3) is 3.41. The van der Waals surface area contributed by atoms with Gasteiger partial charge in [0.2, 0.25) is 11.8 Å². The summed E-state index contributed by atoms with van der Waals surface area (Å²) in [5.74, 6) is -1.90. The smallest absolute Gasteiger partial charge is 0.329 e. The highest BCUT2D eigenvalue weighted by Crippen LogP contribution is 2.56. The standard InChI is InChI=1S/C21H23ClN2O5/c1-10-3-6-14(8-15(10)22)23-16(25)9-29-21(28)11(2)24-19(26)17-12-4-5-13(7-12)18(17)20(24)27/h3,6,8,11-13,17-18H,4-5,7,9H2,1-2H3,(H,23,25)/t11-,12-,13+,17-,18-/m0/s1. The topological polar surface area (TPSA) is 92.8 Å². The second-order valence-electron chi connectivity index (χ2n) is 8.23. The Morgan fingerprint density at radius 2 is 1.83 bits per heavy atom. The van der Waals surface area contributed by atoms with Gasteiger partial charge in [0.05, 0.1) is 11.8 Å². The molecule has 5 atom stereocenters. The molecule has 1 aliphatic heterocycles. The van der Waals surface area contributed by atoms with Crippen LogP contribution < -0.4 is 5.32 Å². The highest BCUT2D eigenvalue weighted by atomic mass is 35.5. The fourth-order valence-corrected chi connectivity index (χ4v) is 5.22. The number of carbonyl (C=O) groups is 4. The van der Waals surface area contributed by atoms with Crippen LogP contribution in [0.3, 0.4) is 0 Å². The molecule has 1 heterocycles. The Morgan fingerprint density at radius 1 is 1.21 bits per heavy atom. The largest absolute Gasteiger partial charge is 0.454 e. The Balaban J connectivity index is 1.34. The lowest BCUT2D eigenvalue weighted by Gasteiger charge is -2.23. The number of amides is 3. The lowest BCUT2D eigenvalue weighted by Crippen LogP contribution is -2.45. The van der Waals surface area contributed by atoms with Crippen LogP contribution in [0.15, 0.2) is 18.2 Å². The molecule has 0 unspecified atom stereocenters. The summed E-state index contributed by atoms with van der Waals surface area (Å²) in [4.78, 5) is 51.1. The number of ether oxygens (including phenoxy) is 1. The predicted molar refractivity (Wildman–Crippen MR) is 105 cm³/mol. The SMILES string of the molecule is Cc1ccc(NC(=O)COC(=O)[C@H](C)N2C(=O)[C@H]3[C@@H]4CC[C@@H](C4)[C@@H]3C2=O)cc1Cl. The Hall–Kier alpha value is -2.41. The van der Waals surface area contributed by atoms with E-state index in [0.717, 1.165) is 29.7 Å². The number of nitrogens with zero attached hydrogens (tertiary/aromatic N) is 1. The van der Waals surface area contributed by atoms with E-state index in [-0.39, 0.29) is 35.5 Å². The summed E-state index contributed by atoms with van der Waals surface area (Å²) in [6.07, 6.45) is 2.88. The van der Waals surface area contributed by atoms with E-state index in [9.17, 15) is 19.2 Å². The van der Waals surface area contributed by atoms with Crippen molar-refractivity contribution in [1.29, 1.82) is 0 Å². The summed E-state index contributed by atoms with van der Waals surface area (Å²) in [6, 6.07) is 4.02. The van der Waals surface area contributed by atoms with Gasteiger partial charge in [-0.3, -0.25) is 19.3 Å². The number of hydrogen-bond acceptors (Lipinski definition) is 5. The number of hydrogen-bond donors (Lipinski definition) is 1. The Labute approximate surface area is 173 Å². The van der Waals surface area contributed by atoms with E-state index in [0.29, 0.717) is 10.7 Å². The van der Waals surface area contributed by atoms with Crippen LogP contribution in [0.25, 0.3) is 0 Å². The van der Waals surface area contributed by atoms with Crippen LogP contribution in [0.2, 0.25) is 5.02 Å². The van der Waals surface area contributed by atoms with E-state index >= 15 is 0 Å². The molecule has 8 heteroatoms. The number of fused-ring (bicyclic) bond motifs is 5. The minimum atomic E-state index is -1.04. The molecule has 2 aliphatic carbocycles. The van der Waals surface area contributed by atoms with E-state index in [2.05, 4.69) is 5.32 Å². The molecule has 1 saturated heterocycles. The maximum Gasteiger partial charge on any atom is 0.329 e. The Bertz CT molecular complexity index is 873. The minimum absolute atomic E-state index is 0.252. The number of carbonyl (C=O) groups excluding carboxylic acids is 4. The molecule has 154 valence electrons. The van der Waals surface area contributed by atoms with Gasteiger partial charge >= 0.3 is 5.97 Å². The van der Waals surface area contributed by atoms with Gasteiger partial charge < -0.3 is 10.1 Å². The normalized spacial score (nSPS) is 28.4. The van der Waals surface area contributed by atoms with E-state index in [1.807, 2.05) is 6.92 Å². The number of rotatable bonds is 5. The van der Waals surface area contributed by atoms with Crippen molar-refractivity contribution < 1.29 is 23.9 Å². The zero-order valence-electron chi connectivity index (χ0n) is 16.3. The molecule has 3 amide bonds. The van der Waals surface area contributed by atoms with Gasteiger partial charge in [0, 0.05) is 10.7 Å². The quantitative estimate of drug-likeness (QED) is 0.586. The van der Waals surface area contributed by atoms with Crippen LogP contribution in [0.1, 0.15) is 31.7 Å². The predicted octanol–water partition coefficient (Wildman–Crippen LogP) is 2.55. The van der Waals surface area contributed by atoms with Crippen LogP contribution in [-0.4, -0.2) is 41.2 Å². The molecule has 29 heavy (non-hydrogen) atoms. The monoisotopic (exact) mass is 418 g/mol. The first-order chi connectivity index (χ1) is 13.8. The number of imide groups is 1. The van der Waals surface area contributed by atoms with Crippen molar-refractivity contribution >= 4 is 41.0 Å². The summed E-state index contributed by atoms with van der Waals surface area (Å²) < 4.78 is 5.06. The van der Waals surface area contributed by atoms with Gasteiger partial charge in [0.15, 0.2) is 6.61 Å². The van der Waals surface area contributed by atoms with Crippen molar-refractivity contribution in [1.82, 2.24) is 4.90 Å². The van der Waals surface area contributed by atoms with Crippen molar-refractivity contribution in [3.05, 3.63) is 28.8 Å². The van der Waals surface area contributed by atoms with Crippen molar-refractivity contribution in [2.45, 2.75) is 39.2 Å². The van der Waals surface area contributed by atoms with E-state index in [4.69, 9.17) is 16.3 Å². The first-order valence-corrected chi connectivity index (χ1v) is 10.2. The zero-order valence-corrected chi connectivity index (χ0v) is 17.1. The molecule has 1 N–H and O–H groups in total. The van der Waals surface area contributed by atoms with E-state index in [1.54, 1.807) is 18.2 Å². The summed E-state index contributed by atoms with van der Waals surface area (Å²) >= 11 is 6.03. The van der Waals surface area contributed by atoms with Crippen LogP contribution >= 0.6 is 11.6 Å². The first-order valence-electron chi connectivity index (χ1n) is 9.87. The summed E-state index contributed by atoms with van der Waals surface area (Å²) in [5.41, 5.74) is 1.37. The second kappa shape index (κ2) is 7.44. The van der Waals surface area contributed by atoms with Crippen LogP contribution in [-0.2, 0) is 23.9 Å². The second-order valence-corrected chi connectivity index (χ2v) is 8.63. The lowest BCUT2D eigenvalue weighted by atomic mass is 9.81. The van der Waals surface area contributed by atoms with Gasteiger partial charge in [-0.15, -0.1) is 0 Å². The summed E-state index contributed by atoms with van der Waals surface area (Å²) in [5, 5.41) is 3.11. The van der Waals surface area contributed by atoms with Crippen molar-refractivity contribution in [2.75, 3.05) is 11.9 Å². The van der Waals surface area contributed by atoms with E-state index < -0.39 is 24.5 Å². The van der Waals surface area contributed by atoms with Crippen LogP contribution in [0.4, 0.5) is 5.69 Å². The summed E-state index contributed by atoms with van der Waals surface area (Å²) in [7, 11) is 0. The maximum atomic E-state index is 12.8. The van der Waals surface area contributed by atoms with E-state index in [1.165, 1.54) is 6.92 Å². The maximum absolute atomic E-state index is 12.8. The zero-order chi connectivity index (χ0) is 20.9. The van der Waals surface area contributed by atoms with Crippen molar-refractivity contribution in [3.8, 4) is 0 Å². The first kappa shape index (κ1) is 19.9. The number of benzene rings is 1. The van der Waals surface area contributed by atoms with Crippen molar-refractivity contribution in [3.63, 3.8) is 0 Å². The van der Waals surface area contributed by atoms with Gasteiger partial charge in [-0.2, -0.15) is 0 Å². The number of likely N-dealkylation sites (tertiary alicyclic amines) is 1. The van der Waals surface area contributed by atoms with Gasteiger partial charge in [-0.1, -0.05) is 17.7 Å². The number of nitrogens with one attached hydrogen (secondary N) is 1. The fraction of sp³-hybridized carbons (Fsp3) is 0.524. The van der Waals surface area contributed by atoms with Crippen molar-refractivity contribution in [2.24, 2.45) is 23.7 Å². The summed E-state index contributed by atoms with van der Waals surface area (Å²) in [6.45, 7) is 2.80. The molecule has 4 rings (SSSR count). The average molecular weight is 419 g/mol. The molecule has 0 spiro atoms. The molecule has 7 nitrogen and oxygen atoms in total. The molecule has 0 aromatic heterocycles. The minimum Gasteiger partial charge on any atom is -0.454 e. The molecule has 2 bridgehead atoms. The molecule has 1 aromatic carbocycles. The molecule has 3 aliphatic rings. The average Bonchev–Trinajstić information content (AvgIpc) is 3.36. The molecule has 2 saturated carbocycles. The lowest BCUT2D eigenvalue weighted by molar-refractivity contribution is -0.159. The number of halogens is 1. The molecular formula is C21H23ClN2O5. The van der Waals surface area contributed by atoms with Gasteiger partial charge in [-0.05, 0) is 62.6 Å². The van der Waals surface area contributed by atoms with Crippen LogP contribution in [0, 0.1) is 30.6 Å². The van der Waals surface area contributed by atoms with Gasteiger partial charge in [-0.25, -0.2) is 4.79 Å². The number of esters is 1. The third-order valence-electron chi connectivity index (χ3n) is 6.49. The van der Waals surface area contributed by atoms with Gasteiger partial charge in [0.25, 0.3) is 5.91 Å². The third-order valence-corrected chi connectivity index (χ3v) is 6.90. The molecule has 3 fully saturated rings. The fourth-order valence-electron chi connectivity index (χ4n) is 5.04. The highest BCUT2D eigenvalue weighted by molar-refractivity contribution is 6.31. The Kier molecular flexibility index (Phi) is 5.11. The van der Waals surface area contributed by atoms with Crippen LogP contribution in [0.5, 0.6) is 0 Å². The highest BCUT2D eigenvalue weighted by Gasteiger charge is 2.62. The van der Waals surface area contributed by atoms with Gasteiger partial charge in [0.1, 0.15) is 6.04 Å². The molecular weight excluding hydrogens is 396 g/mol. The Morgan fingerprint density at radius 3 is 2.41 bits per heavy atom.